The fraction of sp³-hybridized carbons (Fsp3) is 0.222. The molecular formula is C9H11NOS. The second kappa shape index (κ2) is 4.83. The Bertz CT molecular complexity index is 273. The first-order valence-electron chi connectivity index (χ1n) is 3.63. The molecule has 0 aliphatic rings. The summed E-state index contributed by atoms with van der Waals surface area (Å²) < 4.78 is 5.02. The van der Waals surface area contributed by atoms with Crippen molar-refractivity contribution >= 4 is 18.7 Å². The molecule has 1 aromatic heterocycles. The van der Waals surface area contributed by atoms with Crippen LogP contribution in [0, 0.1) is 0 Å². The zero-order valence-electron chi connectivity index (χ0n) is 6.90. The maximum atomic E-state index is 5.02. The van der Waals surface area contributed by atoms with E-state index in [1.165, 1.54) is 0 Å². The van der Waals surface area contributed by atoms with Gasteiger partial charge in [-0.2, -0.15) is 12.6 Å². The van der Waals surface area contributed by atoms with Crippen molar-refractivity contribution in [3.8, 4) is 5.75 Å². The summed E-state index contributed by atoms with van der Waals surface area (Å²) in [5.74, 6) is 1.51. The average molecular weight is 181 g/mol. The van der Waals surface area contributed by atoms with E-state index in [0.717, 1.165) is 17.1 Å². The van der Waals surface area contributed by atoms with Crippen LogP contribution in [0.1, 0.15) is 5.56 Å². The van der Waals surface area contributed by atoms with Gasteiger partial charge in [-0.3, -0.25) is 4.98 Å². The van der Waals surface area contributed by atoms with Gasteiger partial charge in [0.25, 0.3) is 0 Å². The summed E-state index contributed by atoms with van der Waals surface area (Å²) in [6.45, 7) is 0. The maximum absolute atomic E-state index is 5.02. The molecule has 12 heavy (non-hydrogen) atoms. The Kier molecular flexibility index (Phi) is 3.67. The molecule has 1 heterocycles. The highest BCUT2D eigenvalue weighted by Gasteiger charge is 1.91. The van der Waals surface area contributed by atoms with Crippen LogP contribution < -0.4 is 4.74 Å². The van der Waals surface area contributed by atoms with Gasteiger partial charge in [0, 0.05) is 11.9 Å². The van der Waals surface area contributed by atoms with E-state index >= 15 is 0 Å². The topological polar surface area (TPSA) is 22.1 Å². The molecule has 3 heteroatoms. The summed E-state index contributed by atoms with van der Waals surface area (Å²) in [6.07, 6.45) is 7.38. The van der Waals surface area contributed by atoms with Crippen LogP contribution in [-0.2, 0) is 0 Å². The summed E-state index contributed by atoms with van der Waals surface area (Å²) in [4.78, 5) is 4.01. The van der Waals surface area contributed by atoms with E-state index in [1.807, 2.05) is 18.2 Å². The third-order valence-electron chi connectivity index (χ3n) is 1.39. The van der Waals surface area contributed by atoms with Gasteiger partial charge < -0.3 is 4.74 Å². The highest BCUT2D eigenvalue weighted by molar-refractivity contribution is 7.80. The van der Waals surface area contributed by atoms with E-state index in [4.69, 9.17) is 4.74 Å². The first-order valence-corrected chi connectivity index (χ1v) is 4.26. The molecule has 0 aromatic carbocycles. The number of pyridine rings is 1. The molecule has 0 N–H and O–H groups in total. The van der Waals surface area contributed by atoms with E-state index in [9.17, 15) is 0 Å². The fourth-order valence-corrected chi connectivity index (χ4v) is 0.933. The van der Waals surface area contributed by atoms with Gasteiger partial charge in [-0.15, -0.1) is 0 Å². The zero-order chi connectivity index (χ0) is 8.81. The highest BCUT2D eigenvalue weighted by atomic mass is 32.1. The number of thiol groups is 1. The normalized spacial score (nSPS) is 10.5. The lowest BCUT2D eigenvalue weighted by atomic mass is 10.2. The smallest absolute Gasteiger partial charge is 0.137 e. The van der Waals surface area contributed by atoms with E-state index in [2.05, 4.69) is 17.6 Å². The molecule has 0 amide bonds. The Hall–Kier alpha value is -0.960. The minimum Gasteiger partial charge on any atom is -0.495 e. The fourth-order valence-electron chi connectivity index (χ4n) is 0.827. The Balaban J connectivity index is 2.79. The second-order valence-corrected chi connectivity index (χ2v) is 2.61. The van der Waals surface area contributed by atoms with Gasteiger partial charge in [-0.1, -0.05) is 12.2 Å². The van der Waals surface area contributed by atoms with Gasteiger partial charge >= 0.3 is 0 Å². The summed E-state index contributed by atoms with van der Waals surface area (Å²) in [5.41, 5.74) is 1.03. The largest absolute Gasteiger partial charge is 0.495 e. The van der Waals surface area contributed by atoms with Crippen LogP contribution in [0.4, 0.5) is 0 Å². The van der Waals surface area contributed by atoms with Crippen LogP contribution in [-0.4, -0.2) is 17.8 Å². The molecule has 0 saturated carbocycles. The number of ether oxygens (including phenoxy) is 1. The lowest BCUT2D eigenvalue weighted by Crippen LogP contribution is -1.84. The van der Waals surface area contributed by atoms with E-state index in [1.54, 1.807) is 19.5 Å². The maximum Gasteiger partial charge on any atom is 0.137 e. The second-order valence-electron chi connectivity index (χ2n) is 2.24. The molecule has 1 rings (SSSR count). The van der Waals surface area contributed by atoms with Crippen molar-refractivity contribution in [1.82, 2.24) is 4.98 Å². The molecule has 2 nitrogen and oxygen atoms in total. The molecule has 0 bridgehead atoms. The predicted molar refractivity (Wildman–Crippen MR) is 53.7 cm³/mol. The van der Waals surface area contributed by atoms with Gasteiger partial charge in [-0.05, 0) is 11.6 Å². The lowest BCUT2D eigenvalue weighted by Gasteiger charge is -1.98. The third kappa shape index (κ3) is 2.58. The third-order valence-corrected chi connectivity index (χ3v) is 1.60. The molecular weight excluding hydrogens is 170 g/mol. The first kappa shape index (κ1) is 9.13. The standard InChI is InChI=1S/C9H11NOS/c1-11-9-5-8(3-2-4-12)6-10-7-9/h2-3,5-7,12H,4H2,1H3. The van der Waals surface area contributed by atoms with Crippen LogP contribution in [0.15, 0.2) is 24.5 Å². The molecule has 0 radical (unpaired) electrons. The van der Waals surface area contributed by atoms with Crippen molar-refractivity contribution in [2.75, 3.05) is 12.9 Å². The minimum absolute atomic E-state index is 0.733. The summed E-state index contributed by atoms with van der Waals surface area (Å²) in [7, 11) is 1.63. The molecule has 0 atom stereocenters. The average Bonchev–Trinajstić information content (AvgIpc) is 2.15. The van der Waals surface area contributed by atoms with E-state index < -0.39 is 0 Å². The number of nitrogens with zero attached hydrogens (tertiary/aromatic N) is 1. The van der Waals surface area contributed by atoms with Crippen molar-refractivity contribution in [3.05, 3.63) is 30.1 Å². The van der Waals surface area contributed by atoms with E-state index in [-0.39, 0.29) is 0 Å². The zero-order valence-corrected chi connectivity index (χ0v) is 7.79. The van der Waals surface area contributed by atoms with Crippen molar-refractivity contribution in [1.29, 1.82) is 0 Å². The molecule has 1 aromatic rings. The first-order chi connectivity index (χ1) is 5.86. The van der Waals surface area contributed by atoms with Gasteiger partial charge in [0.15, 0.2) is 0 Å². The van der Waals surface area contributed by atoms with Crippen molar-refractivity contribution < 1.29 is 4.74 Å². The SMILES string of the molecule is COc1cncc(C=CCS)c1. The number of rotatable bonds is 3. The van der Waals surface area contributed by atoms with Crippen LogP contribution in [0.3, 0.4) is 0 Å². The molecule has 0 fully saturated rings. The van der Waals surface area contributed by atoms with Gasteiger partial charge in [0.2, 0.25) is 0 Å². The van der Waals surface area contributed by atoms with Crippen molar-refractivity contribution in [2.45, 2.75) is 0 Å². The quantitative estimate of drug-likeness (QED) is 0.721. The van der Waals surface area contributed by atoms with Gasteiger partial charge in [0.1, 0.15) is 5.75 Å². The highest BCUT2D eigenvalue weighted by Crippen LogP contribution is 2.11. The Labute approximate surface area is 77.7 Å². The molecule has 0 unspecified atom stereocenters. The van der Waals surface area contributed by atoms with Crippen LogP contribution >= 0.6 is 12.6 Å². The number of hydrogen-bond acceptors (Lipinski definition) is 3. The van der Waals surface area contributed by atoms with Gasteiger partial charge in [0.05, 0.1) is 13.3 Å². The molecule has 0 saturated heterocycles. The Morgan fingerprint density at radius 2 is 2.42 bits per heavy atom. The predicted octanol–water partition coefficient (Wildman–Crippen LogP) is 2.03. The summed E-state index contributed by atoms with van der Waals surface area (Å²) >= 11 is 4.06. The minimum atomic E-state index is 0.733. The number of methoxy groups -OCH3 is 1. The Morgan fingerprint density at radius 3 is 3.08 bits per heavy atom. The Morgan fingerprint density at radius 1 is 1.58 bits per heavy atom. The summed E-state index contributed by atoms with van der Waals surface area (Å²) in [6, 6.07) is 1.92. The summed E-state index contributed by atoms with van der Waals surface area (Å²) in [5, 5.41) is 0. The monoisotopic (exact) mass is 181 g/mol. The van der Waals surface area contributed by atoms with Crippen LogP contribution in [0.5, 0.6) is 5.75 Å². The number of hydrogen-bond donors (Lipinski definition) is 1. The van der Waals surface area contributed by atoms with Crippen molar-refractivity contribution in [2.24, 2.45) is 0 Å². The molecule has 0 aliphatic heterocycles. The van der Waals surface area contributed by atoms with Gasteiger partial charge in [-0.25, -0.2) is 0 Å². The lowest BCUT2D eigenvalue weighted by molar-refractivity contribution is 0.413. The van der Waals surface area contributed by atoms with Crippen LogP contribution in [0.25, 0.3) is 6.08 Å². The molecule has 64 valence electrons. The van der Waals surface area contributed by atoms with Crippen LogP contribution in [0.2, 0.25) is 0 Å². The van der Waals surface area contributed by atoms with E-state index in [0.29, 0.717) is 0 Å². The number of aromatic nitrogens is 1. The van der Waals surface area contributed by atoms with Crippen molar-refractivity contribution in [3.63, 3.8) is 0 Å². The molecule has 0 aliphatic carbocycles. The molecule has 0 spiro atoms.